The van der Waals surface area contributed by atoms with Crippen molar-refractivity contribution in [3.8, 4) is 5.75 Å². The number of rotatable bonds is 9. The fourth-order valence-electron chi connectivity index (χ4n) is 4.11. The molecule has 1 saturated heterocycles. The number of hydrogen-bond acceptors (Lipinski definition) is 7. The van der Waals surface area contributed by atoms with Gasteiger partial charge in [-0.1, -0.05) is 35.5 Å². The number of aromatic nitrogens is 2. The zero-order valence-corrected chi connectivity index (χ0v) is 19.9. The van der Waals surface area contributed by atoms with Gasteiger partial charge in [-0.2, -0.15) is 0 Å². The zero-order chi connectivity index (χ0) is 23.0. The van der Waals surface area contributed by atoms with Gasteiger partial charge in [-0.15, -0.1) is 0 Å². The van der Waals surface area contributed by atoms with Crippen molar-refractivity contribution >= 4 is 17.7 Å². The molecular weight excluding hydrogens is 436 g/mol. The number of thioether (sulfide) groups is 1. The maximum absolute atomic E-state index is 13.2. The summed E-state index contributed by atoms with van der Waals surface area (Å²) in [4.78, 5) is 20.1. The first kappa shape index (κ1) is 23.3. The fourth-order valence-corrected chi connectivity index (χ4v) is 4.98. The molecule has 0 spiro atoms. The Morgan fingerprint density at radius 3 is 2.70 bits per heavy atom. The van der Waals surface area contributed by atoms with Crippen LogP contribution >= 0.6 is 11.8 Å². The monoisotopic (exact) mass is 466 g/mol. The van der Waals surface area contributed by atoms with Crippen molar-refractivity contribution < 1.29 is 14.1 Å². The molecule has 33 heavy (non-hydrogen) atoms. The lowest BCUT2D eigenvalue weighted by atomic mass is 10.0. The Morgan fingerprint density at radius 1 is 1.21 bits per heavy atom. The highest BCUT2D eigenvalue weighted by molar-refractivity contribution is 7.98. The predicted molar refractivity (Wildman–Crippen MR) is 129 cm³/mol. The lowest BCUT2D eigenvalue weighted by molar-refractivity contribution is 0.0921. The molecule has 0 aliphatic carbocycles. The van der Waals surface area contributed by atoms with Crippen molar-refractivity contribution in [2.24, 2.45) is 0 Å². The van der Waals surface area contributed by atoms with E-state index in [1.807, 2.05) is 31.2 Å². The Morgan fingerprint density at radius 2 is 2.00 bits per heavy atom. The van der Waals surface area contributed by atoms with Crippen molar-refractivity contribution in [3.63, 3.8) is 0 Å². The number of carbonyl (C=O) groups is 1. The Bertz CT molecular complexity index is 1050. The lowest BCUT2D eigenvalue weighted by Gasteiger charge is -2.35. The number of likely N-dealkylation sites (tertiary alicyclic amines) is 1. The number of nitrogens with zero attached hydrogens (tertiary/aromatic N) is 3. The number of benzene rings is 1. The van der Waals surface area contributed by atoms with Crippen molar-refractivity contribution in [1.82, 2.24) is 20.4 Å². The van der Waals surface area contributed by atoms with E-state index in [0.717, 1.165) is 30.3 Å². The molecule has 1 aliphatic heterocycles. The van der Waals surface area contributed by atoms with Crippen molar-refractivity contribution in [3.05, 3.63) is 71.2 Å². The number of nitrogens with one attached hydrogen (secondary N) is 1. The third kappa shape index (κ3) is 6.15. The average Bonchev–Trinajstić information content (AvgIpc) is 3.29. The molecule has 174 valence electrons. The maximum Gasteiger partial charge on any atom is 0.254 e. The summed E-state index contributed by atoms with van der Waals surface area (Å²) in [5.74, 6) is 2.08. The molecule has 2 aromatic heterocycles. The second-order valence-electron chi connectivity index (χ2n) is 8.17. The SMILES string of the molecule is COc1ccc(C(CNC(=O)c2cccnc2SCc2cc(C)on2)N2CCCCC2)cc1. The number of methoxy groups -OCH3 is 1. The molecule has 0 saturated carbocycles. The van der Waals surface area contributed by atoms with Gasteiger partial charge in [0.05, 0.1) is 24.4 Å². The summed E-state index contributed by atoms with van der Waals surface area (Å²) in [7, 11) is 1.67. The van der Waals surface area contributed by atoms with Gasteiger partial charge in [0.25, 0.3) is 5.91 Å². The summed E-state index contributed by atoms with van der Waals surface area (Å²) in [5.41, 5.74) is 2.59. The van der Waals surface area contributed by atoms with E-state index in [4.69, 9.17) is 9.26 Å². The zero-order valence-electron chi connectivity index (χ0n) is 19.1. The van der Waals surface area contributed by atoms with Crippen LogP contribution in [0.3, 0.4) is 0 Å². The summed E-state index contributed by atoms with van der Waals surface area (Å²) >= 11 is 1.49. The van der Waals surface area contributed by atoms with Crippen LogP contribution in [0, 0.1) is 6.92 Å². The van der Waals surface area contributed by atoms with Gasteiger partial charge in [-0.25, -0.2) is 4.98 Å². The van der Waals surface area contributed by atoms with Crippen LogP contribution in [0.5, 0.6) is 5.75 Å². The summed E-state index contributed by atoms with van der Waals surface area (Å²) in [6.07, 6.45) is 5.34. The van der Waals surface area contributed by atoms with Gasteiger partial charge >= 0.3 is 0 Å². The van der Waals surface area contributed by atoms with Gasteiger partial charge in [0.15, 0.2) is 0 Å². The molecule has 8 heteroatoms. The first-order valence-electron chi connectivity index (χ1n) is 11.3. The number of piperidine rings is 1. The second kappa shape index (κ2) is 11.3. The van der Waals surface area contributed by atoms with Crippen molar-refractivity contribution in [2.45, 2.75) is 43.0 Å². The molecular formula is C25H30N4O3S. The first-order valence-corrected chi connectivity index (χ1v) is 12.3. The standard InChI is InChI=1S/C25H30N4O3S/c1-18-15-20(28-32-18)17-33-25-22(7-6-12-26-25)24(30)27-16-23(29-13-4-3-5-14-29)19-8-10-21(31-2)11-9-19/h6-12,15,23H,3-5,13-14,16-17H2,1-2H3,(H,27,30). The highest BCUT2D eigenvalue weighted by Crippen LogP contribution is 2.27. The van der Waals surface area contributed by atoms with Crippen LogP contribution in [0.25, 0.3) is 0 Å². The van der Waals surface area contributed by atoms with E-state index in [-0.39, 0.29) is 11.9 Å². The van der Waals surface area contributed by atoms with Crippen LogP contribution in [-0.2, 0) is 5.75 Å². The first-order chi connectivity index (χ1) is 16.1. The molecule has 0 radical (unpaired) electrons. The number of carbonyl (C=O) groups excluding carboxylic acids is 1. The molecule has 4 rings (SSSR count). The van der Waals surface area contributed by atoms with Gasteiger partial charge in [0.1, 0.15) is 16.5 Å². The van der Waals surface area contributed by atoms with Crippen molar-refractivity contribution in [2.75, 3.05) is 26.7 Å². The van der Waals surface area contributed by atoms with E-state index in [1.54, 1.807) is 19.4 Å². The number of aryl methyl sites for hydroxylation is 1. The molecule has 1 unspecified atom stereocenters. The minimum absolute atomic E-state index is 0.113. The largest absolute Gasteiger partial charge is 0.497 e. The Kier molecular flexibility index (Phi) is 8.01. The van der Waals surface area contributed by atoms with Crippen LogP contribution in [0.2, 0.25) is 0 Å². The van der Waals surface area contributed by atoms with Crippen molar-refractivity contribution in [1.29, 1.82) is 0 Å². The minimum Gasteiger partial charge on any atom is -0.497 e. The van der Waals surface area contributed by atoms with E-state index < -0.39 is 0 Å². The van der Waals surface area contributed by atoms with E-state index in [2.05, 4.69) is 32.5 Å². The Hall–Kier alpha value is -2.84. The van der Waals surface area contributed by atoms with Gasteiger partial charge < -0.3 is 14.6 Å². The predicted octanol–water partition coefficient (Wildman–Crippen LogP) is 4.64. The van der Waals surface area contributed by atoms with Gasteiger partial charge in [0, 0.05) is 24.6 Å². The molecule has 1 fully saturated rings. The molecule has 1 aromatic carbocycles. The summed E-state index contributed by atoms with van der Waals surface area (Å²) < 4.78 is 10.5. The van der Waals surface area contributed by atoms with Gasteiger partial charge in [0.2, 0.25) is 0 Å². The average molecular weight is 467 g/mol. The molecule has 3 heterocycles. The normalized spacial score (nSPS) is 15.2. The fraction of sp³-hybridized carbons (Fsp3) is 0.400. The molecule has 1 amide bonds. The molecule has 7 nitrogen and oxygen atoms in total. The van der Waals surface area contributed by atoms with E-state index in [1.165, 1.54) is 36.6 Å². The van der Waals surface area contributed by atoms with E-state index in [9.17, 15) is 4.79 Å². The highest BCUT2D eigenvalue weighted by atomic mass is 32.2. The molecule has 1 aliphatic rings. The number of amides is 1. The quantitative estimate of drug-likeness (QED) is 0.460. The summed E-state index contributed by atoms with van der Waals surface area (Å²) in [6.45, 7) is 4.48. The number of hydrogen-bond donors (Lipinski definition) is 1. The van der Waals surface area contributed by atoms with E-state index >= 15 is 0 Å². The smallest absolute Gasteiger partial charge is 0.254 e. The van der Waals surface area contributed by atoms with Gasteiger partial charge in [-0.05, 0) is 62.7 Å². The van der Waals surface area contributed by atoms with Gasteiger partial charge in [-0.3, -0.25) is 9.69 Å². The van der Waals surface area contributed by atoms with Crippen LogP contribution in [0.15, 0.2) is 58.2 Å². The summed E-state index contributed by atoms with van der Waals surface area (Å²) in [5, 5.41) is 7.88. The Labute approximate surface area is 198 Å². The topological polar surface area (TPSA) is 80.5 Å². The third-order valence-corrected chi connectivity index (χ3v) is 6.88. The molecule has 3 aromatic rings. The number of pyridine rings is 1. The van der Waals surface area contributed by atoms with Crippen LogP contribution < -0.4 is 10.1 Å². The minimum atomic E-state index is -0.113. The highest BCUT2D eigenvalue weighted by Gasteiger charge is 2.24. The summed E-state index contributed by atoms with van der Waals surface area (Å²) in [6, 6.07) is 13.8. The third-order valence-electron chi connectivity index (χ3n) is 5.84. The molecule has 1 N–H and O–H groups in total. The Balaban J connectivity index is 1.45. The van der Waals surface area contributed by atoms with Crippen LogP contribution in [0.4, 0.5) is 0 Å². The van der Waals surface area contributed by atoms with Crippen LogP contribution in [0.1, 0.15) is 52.7 Å². The van der Waals surface area contributed by atoms with E-state index in [0.29, 0.717) is 22.9 Å². The lowest BCUT2D eigenvalue weighted by Crippen LogP contribution is -2.40. The number of ether oxygens (including phenoxy) is 1. The van der Waals surface area contributed by atoms with Crippen LogP contribution in [-0.4, -0.2) is 47.7 Å². The molecule has 0 bridgehead atoms. The maximum atomic E-state index is 13.2. The second-order valence-corrected chi connectivity index (χ2v) is 9.13. The molecule has 1 atom stereocenters.